The van der Waals surface area contributed by atoms with Gasteiger partial charge >= 0.3 is 6.18 Å². The van der Waals surface area contributed by atoms with Gasteiger partial charge in [-0.1, -0.05) is 6.58 Å². The van der Waals surface area contributed by atoms with E-state index in [-0.39, 0.29) is 6.54 Å². The number of nitriles is 1. The van der Waals surface area contributed by atoms with Gasteiger partial charge in [0.25, 0.3) is 0 Å². The Hall–Kier alpha value is -1.51. The van der Waals surface area contributed by atoms with E-state index in [1.807, 2.05) is 0 Å². The molecule has 0 spiro atoms. The Kier molecular flexibility index (Phi) is 4.70. The molecule has 0 saturated heterocycles. The van der Waals surface area contributed by atoms with E-state index in [0.717, 1.165) is 11.0 Å². The van der Waals surface area contributed by atoms with Gasteiger partial charge < -0.3 is 4.90 Å². The molecule has 1 amide bonds. The second-order valence-corrected chi connectivity index (χ2v) is 2.49. The van der Waals surface area contributed by atoms with E-state index < -0.39 is 25.0 Å². The monoisotopic (exact) mass is 206 g/mol. The summed E-state index contributed by atoms with van der Waals surface area (Å²) in [6, 6.07) is 1.61. The van der Waals surface area contributed by atoms with Crippen LogP contribution in [0.1, 0.15) is 6.42 Å². The van der Waals surface area contributed by atoms with Crippen LogP contribution >= 0.6 is 0 Å². The highest BCUT2D eigenvalue weighted by Crippen LogP contribution is 2.19. The summed E-state index contributed by atoms with van der Waals surface area (Å²) in [5.74, 6) is -0.671. The smallest absolute Gasteiger partial charge is 0.326 e. The Morgan fingerprint density at radius 2 is 2.14 bits per heavy atom. The highest BCUT2D eigenvalue weighted by atomic mass is 19.4. The van der Waals surface area contributed by atoms with Crippen molar-refractivity contribution in [1.29, 1.82) is 5.26 Å². The minimum absolute atomic E-state index is 0.360. The Bertz CT molecular complexity index is 254. The van der Waals surface area contributed by atoms with Gasteiger partial charge in [0, 0.05) is 6.54 Å². The number of hydrogen-bond donors (Lipinski definition) is 0. The van der Waals surface area contributed by atoms with Crippen molar-refractivity contribution < 1.29 is 18.0 Å². The average molecular weight is 206 g/mol. The summed E-state index contributed by atoms with van der Waals surface area (Å²) >= 11 is 0. The lowest BCUT2D eigenvalue weighted by atomic mass is 10.3. The van der Waals surface area contributed by atoms with E-state index in [1.54, 1.807) is 6.07 Å². The van der Waals surface area contributed by atoms with Gasteiger partial charge in [-0.3, -0.25) is 4.79 Å². The number of hydrogen-bond acceptors (Lipinski definition) is 2. The van der Waals surface area contributed by atoms with Crippen LogP contribution in [0.4, 0.5) is 13.2 Å². The van der Waals surface area contributed by atoms with Crippen LogP contribution in [0, 0.1) is 11.3 Å². The third-order valence-electron chi connectivity index (χ3n) is 1.41. The maximum Gasteiger partial charge on any atom is 0.390 e. The SMILES string of the molecule is C=CC(=O)N(CC#N)CCC(F)(F)F. The van der Waals surface area contributed by atoms with Crippen LogP contribution in [0.15, 0.2) is 12.7 Å². The Labute approximate surface area is 79.4 Å². The third kappa shape index (κ3) is 5.19. The summed E-state index contributed by atoms with van der Waals surface area (Å²) in [5.41, 5.74) is 0. The molecule has 0 radical (unpaired) electrons. The number of rotatable bonds is 4. The molecule has 0 aromatic carbocycles. The van der Waals surface area contributed by atoms with Crippen molar-refractivity contribution in [3.8, 4) is 6.07 Å². The van der Waals surface area contributed by atoms with E-state index in [2.05, 4.69) is 6.58 Å². The molecule has 0 bridgehead atoms. The molecular weight excluding hydrogens is 197 g/mol. The van der Waals surface area contributed by atoms with Gasteiger partial charge in [-0.25, -0.2) is 0 Å². The molecule has 0 aliphatic carbocycles. The van der Waals surface area contributed by atoms with Crippen molar-refractivity contribution in [2.24, 2.45) is 0 Å². The lowest BCUT2D eigenvalue weighted by molar-refractivity contribution is -0.142. The fraction of sp³-hybridized carbons (Fsp3) is 0.500. The Morgan fingerprint density at radius 1 is 1.57 bits per heavy atom. The first-order chi connectivity index (χ1) is 6.40. The largest absolute Gasteiger partial charge is 0.390 e. The fourth-order valence-electron chi connectivity index (χ4n) is 0.743. The molecule has 0 N–H and O–H groups in total. The molecule has 0 aliphatic heterocycles. The number of alkyl halides is 3. The molecule has 6 heteroatoms. The molecule has 0 fully saturated rings. The molecule has 0 rings (SSSR count). The summed E-state index contributed by atoms with van der Waals surface area (Å²) < 4.78 is 35.3. The van der Waals surface area contributed by atoms with Gasteiger partial charge in [-0.15, -0.1) is 0 Å². The molecule has 78 valence electrons. The molecule has 3 nitrogen and oxygen atoms in total. The zero-order valence-corrected chi connectivity index (χ0v) is 7.34. The Balaban J connectivity index is 4.18. The van der Waals surface area contributed by atoms with Crippen molar-refractivity contribution in [1.82, 2.24) is 4.90 Å². The van der Waals surface area contributed by atoms with E-state index in [9.17, 15) is 18.0 Å². The number of nitrogens with zero attached hydrogens (tertiary/aromatic N) is 2. The lowest BCUT2D eigenvalue weighted by Gasteiger charge is -2.18. The van der Waals surface area contributed by atoms with Crippen molar-refractivity contribution in [2.75, 3.05) is 13.1 Å². The zero-order valence-electron chi connectivity index (χ0n) is 7.34. The van der Waals surface area contributed by atoms with Gasteiger partial charge in [0.05, 0.1) is 12.5 Å². The molecule has 0 heterocycles. The second-order valence-electron chi connectivity index (χ2n) is 2.49. The molecule has 0 aliphatic rings. The molecule has 0 aromatic rings. The summed E-state index contributed by atoms with van der Waals surface area (Å²) in [5, 5.41) is 8.25. The average Bonchev–Trinajstić information content (AvgIpc) is 2.09. The van der Waals surface area contributed by atoms with Gasteiger partial charge in [-0.2, -0.15) is 18.4 Å². The first-order valence-electron chi connectivity index (χ1n) is 3.75. The number of amides is 1. The van der Waals surface area contributed by atoms with Crippen LogP contribution in [0.25, 0.3) is 0 Å². The van der Waals surface area contributed by atoms with Crippen LogP contribution in [0.3, 0.4) is 0 Å². The quantitative estimate of drug-likeness (QED) is 0.516. The van der Waals surface area contributed by atoms with Crippen LogP contribution in [-0.4, -0.2) is 30.1 Å². The minimum atomic E-state index is -4.32. The van der Waals surface area contributed by atoms with Crippen molar-refractivity contribution >= 4 is 5.91 Å². The first-order valence-corrected chi connectivity index (χ1v) is 3.75. The normalized spacial score (nSPS) is 10.4. The summed E-state index contributed by atoms with van der Waals surface area (Å²) in [6.07, 6.45) is -4.56. The van der Waals surface area contributed by atoms with Crippen LogP contribution in [0.5, 0.6) is 0 Å². The van der Waals surface area contributed by atoms with Crippen LogP contribution in [0.2, 0.25) is 0 Å². The topological polar surface area (TPSA) is 44.1 Å². The number of halogens is 3. The van der Waals surface area contributed by atoms with Crippen LogP contribution < -0.4 is 0 Å². The summed E-state index contributed by atoms with van der Waals surface area (Å²) in [6.45, 7) is 2.25. The molecule has 0 saturated carbocycles. The number of carbonyl (C=O) groups excluding carboxylic acids is 1. The number of carbonyl (C=O) groups is 1. The van der Waals surface area contributed by atoms with Crippen molar-refractivity contribution in [3.05, 3.63) is 12.7 Å². The van der Waals surface area contributed by atoms with Gasteiger partial charge in [0.1, 0.15) is 6.54 Å². The highest BCUT2D eigenvalue weighted by Gasteiger charge is 2.28. The van der Waals surface area contributed by atoms with Gasteiger partial charge in [-0.05, 0) is 6.08 Å². The highest BCUT2D eigenvalue weighted by molar-refractivity contribution is 5.87. The molecular formula is C8H9F3N2O. The van der Waals surface area contributed by atoms with E-state index in [0.29, 0.717) is 0 Å². The second kappa shape index (κ2) is 5.27. The third-order valence-corrected chi connectivity index (χ3v) is 1.41. The fourth-order valence-corrected chi connectivity index (χ4v) is 0.743. The van der Waals surface area contributed by atoms with Gasteiger partial charge in [0.15, 0.2) is 0 Å². The van der Waals surface area contributed by atoms with Crippen molar-refractivity contribution in [2.45, 2.75) is 12.6 Å². The van der Waals surface area contributed by atoms with E-state index in [4.69, 9.17) is 5.26 Å². The minimum Gasteiger partial charge on any atom is -0.326 e. The van der Waals surface area contributed by atoms with Crippen molar-refractivity contribution in [3.63, 3.8) is 0 Å². The summed E-state index contributed by atoms with van der Waals surface area (Å²) in [4.78, 5) is 11.7. The maximum atomic E-state index is 11.8. The lowest BCUT2D eigenvalue weighted by Crippen LogP contribution is -2.33. The molecule has 0 atom stereocenters. The standard InChI is InChI=1S/C8H9F3N2O/c1-2-7(14)13(6-4-12)5-3-8(9,10)11/h2H,1,3,5-6H2. The Morgan fingerprint density at radius 3 is 2.50 bits per heavy atom. The summed E-state index contributed by atoms with van der Waals surface area (Å²) in [7, 11) is 0. The molecule has 14 heavy (non-hydrogen) atoms. The van der Waals surface area contributed by atoms with E-state index in [1.165, 1.54) is 0 Å². The van der Waals surface area contributed by atoms with Crippen LogP contribution in [-0.2, 0) is 4.79 Å². The molecule has 0 aromatic heterocycles. The maximum absolute atomic E-state index is 11.8. The first kappa shape index (κ1) is 12.5. The predicted octanol–water partition coefficient (Wildman–Crippen LogP) is 1.48. The molecule has 0 unspecified atom stereocenters. The predicted molar refractivity (Wildman–Crippen MR) is 43.1 cm³/mol. The zero-order chi connectivity index (χ0) is 11.2. The van der Waals surface area contributed by atoms with Gasteiger partial charge in [0.2, 0.25) is 5.91 Å². The van der Waals surface area contributed by atoms with E-state index >= 15 is 0 Å².